The van der Waals surface area contributed by atoms with Crippen molar-refractivity contribution in [1.29, 1.82) is 0 Å². The lowest BCUT2D eigenvalue weighted by Gasteiger charge is -2.07. The molecule has 0 aliphatic carbocycles. The van der Waals surface area contributed by atoms with E-state index in [0.717, 1.165) is 5.56 Å². The molecule has 1 heterocycles. The highest BCUT2D eigenvalue weighted by Gasteiger charge is 2.19. The summed E-state index contributed by atoms with van der Waals surface area (Å²) >= 11 is 0. The number of hydrogen-bond donors (Lipinski definition) is 1. The third-order valence-corrected chi connectivity index (χ3v) is 4.16. The molecule has 2 aromatic carbocycles. The minimum atomic E-state index is -0.729. The third-order valence-electron chi connectivity index (χ3n) is 4.16. The molecule has 0 fully saturated rings. The summed E-state index contributed by atoms with van der Waals surface area (Å²) in [7, 11) is 1.31. The summed E-state index contributed by atoms with van der Waals surface area (Å²) in [5, 5.41) is 11.0. The van der Waals surface area contributed by atoms with Crippen LogP contribution in [0.2, 0.25) is 0 Å². The molecule has 1 N–H and O–H groups in total. The van der Waals surface area contributed by atoms with Gasteiger partial charge in [0.2, 0.25) is 0 Å². The van der Waals surface area contributed by atoms with Crippen LogP contribution in [0.25, 0.3) is 5.69 Å². The Bertz CT molecular complexity index is 1050. The fourth-order valence-electron chi connectivity index (χ4n) is 2.57. The van der Waals surface area contributed by atoms with E-state index in [1.165, 1.54) is 11.9 Å². The number of aryl methyl sites for hydroxylation is 1. The first-order valence-corrected chi connectivity index (χ1v) is 9.08. The Morgan fingerprint density at radius 3 is 2.33 bits per heavy atom. The molecule has 0 saturated heterocycles. The predicted molar refractivity (Wildman–Crippen MR) is 106 cm³/mol. The van der Waals surface area contributed by atoms with Gasteiger partial charge < -0.3 is 14.8 Å². The zero-order valence-electron chi connectivity index (χ0n) is 16.5. The minimum absolute atomic E-state index is 0.0463. The van der Waals surface area contributed by atoms with E-state index in [4.69, 9.17) is 4.74 Å². The van der Waals surface area contributed by atoms with Crippen molar-refractivity contribution >= 4 is 17.8 Å². The fourth-order valence-corrected chi connectivity index (χ4v) is 2.57. The van der Waals surface area contributed by atoms with Crippen molar-refractivity contribution in [2.45, 2.75) is 13.5 Å². The van der Waals surface area contributed by atoms with Gasteiger partial charge >= 0.3 is 11.9 Å². The van der Waals surface area contributed by atoms with Crippen molar-refractivity contribution in [3.63, 3.8) is 0 Å². The number of rotatable bonds is 7. The molecule has 0 spiro atoms. The molecule has 1 amide bonds. The summed E-state index contributed by atoms with van der Waals surface area (Å²) in [4.78, 5) is 37.0. The van der Waals surface area contributed by atoms with Gasteiger partial charge in [-0.05, 0) is 36.8 Å². The predicted octanol–water partition coefficient (Wildman–Crippen LogP) is 1.84. The average Bonchev–Trinajstić information content (AvgIpc) is 3.18. The summed E-state index contributed by atoms with van der Waals surface area (Å²) < 4.78 is 9.68. The lowest BCUT2D eigenvalue weighted by atomic mass is 10.1. The van der Waals surface area contributed by atoms with E-state index >= 15 is 0 Å². The second-order valence-corrected chi connectivity index (χ2v) is 6.30. The molecule has 0 unspecified atom stereocenters. The van der Waals surface area contributed by atoms with Crippen LogP contribution >= 0.6 is 0 Å². The first-order chi connectivity index (χ1) is 14.5. The molecule has 0 bridgehead atoms. The summed E-state index contributed by atoms with van der Waals surface area (Å²) in [5.41, 5.74) is 2.35. The van der Waals surface area contributed by atoms with E-state index in [1.807, 2.05) is 18.2 Å². The van der Waals surface area contributed by atoms with E-state index < -0.39 is 24.5 Å². The van der Waals surface area contributed by atoms with Crippen LogP contribution < -0.4 is 5.32 Å². The number of nitrogens with zero attached hydrogens (tertiary/aromatic N) is 3. The number of aromatic nitrogens is 3. The number of methoxy groups -OCH3 is 1. The van der Waals surface area contributed by atoms with Crippen molar-refractivity contribution in [1.82, 2.24) is 20.3 Å². The number of ether oxygens (including phenoxy) is 2. The van der Waals surface area contributed by atoms with E-state index in [-0.39, 0.29) is 12.2 Å². The maximum atomic E-state index is 12.3. The number of benzene rings is 2. The molecule has 154 valence electrons. The van der Waals surface area contributed by atoms with Gasteiger partial charge in [-0.25, -0.2) is 9.59 Å². The van der Waals surface area contributed by atoms with Gasteiger partial charge in [0.15, 0.2) is 12.3 Å². The van der Waals surface area contributed by atoms with Crippen molar-refractivity contribution in [3.05, 3.63) is 77.1 Å². The molecule has 0 aliphatic rings. The van der Waals surface area contributed by atoms with Gasteiger partial charge in [-0.3, -0.25) is 4.79 Å². The second kappa shape index (κ2) is 9.46. The highest BCUT2D eigenvalue weighted by molar-refractivity contribution is 5.90. The molecule has 1 aromatic heterocycles. The minimum Gasteiger partial charge on any atom is -0.465 e. The Morgan fingerprint density at radius 1 is 0.967 bits per heavy atom. The van der Waals surface area contributed by atoms with Crippen LogP contribution in [0.5, 0.6) is 0 Å². The highest BCUT2D eigenvalue weighted by Crippen LogP contribution is 2.09. The average molecular weight is 408 g/mol. The standard InChI is InChI=1S/C21H20N4O5/c1-14-19(24-25(23-14)17-6-4-3-5-7-17)21(28)30-13-18(26)22-12-15-8-10-16(11-9-15)20(27)29-2/h3-11H,12-13H2,1-2H3,(H,22,26). The van der Waals surface area contributed by atoms with E-state index in [1.54, 1.807) is 43.3 Å². The molecule has 0 saturated carbocycles. The molecule has 0 aliphatic heterocycles. The largest absolute Gasteiger partial charge is 0.465 e. The first kappa shape index (κ1) is 20.7. The van der Waals surface area contributed by atoms with Crippen LogP contribution in [0.3, 0.4) is 0 Å². The Kier molecular flexibility index (Phi) is 6.53. The lowest BCUT2D eigenvalue weighted by Crippen LogP contribution is -2.28. The Hall–Kier alpha value is -4.01. The van der Waals surface area contributed by atoms with Gasteiger partial charge in [0.1, 0.15) is 0 Å². The molecular formula is C21H20N4O5. The highest BCUT2D eigenvalue weighted by atomic mass is 16.5. The quantitative estimate of drug-likeness (QED) is 0.594. The van der Waals surface area contributed by atoms with Crippen LogP contribution in [0, 0.1) is 6.92 Å². The maximum absolute atomic E-state index is 12.3. The molecule has 30 heavy (non-hydrogen) atoms. The third kappa shape index (κ3) is 5.07. The monoisotopic (exact) mass is 408 g/mol. The SMILES string of the molecule is COC(=O)c1ccc(CNC(=O)COC(=O)c2nn(-c3ccccc3)nc2C)cc1. The number of hydrogen-bond acceptors (Lipinski definition) is 7. The number of carbonyl (C=O) groups is 3. The molecule has 9 nitrogen and oxygen atoms in total. The molecule has 3 rings (SSSR count). The van der Waals surface area contributed by atoms with E-state index in [0.29, 0.717) is 16.9 Å². The van der Waals surface area contributed by atoms with Crippen LogP contribution in [-0.2, 0) is 20.8 Å². The summed E-state index contributed by atoms with van der Waals surface area (Å²) in [6.07, 6.45) is 0. The maximum Gasteiger partial charge on any atom is 0.361 e. The smallest absolute Gasteiger partial charge is 0.361 e. The van der Waals surface area contributed by atoms with Gasteiger partial charge in [0.05, 0.1) is 24.1 Å². The molecule has 0 atom stereocenters. The number of para-hydroxylation sites is 1. The first-order valence-electron chi connectivity index (χ1n) is 9.08. The van der Waals surface area contributed by atoms with Crippen LogP contribution in [0.4, 0.5) is 0 Å². The molecule has 0 radical (unpaired) electrons. The Balaban J connectivity index is 1.51. The second-order valence-electron chi connectivity index (χ2n) is 6.30. The summed E-state index contributed by atoms with van der Waals surface area (Å²) in [6, 6.07) is 15.7. The van der Waals surface area contributed by atoms with Crippen molar-refractivity contribution in [2.24, 2.45) is 0 Å². The summed E-state index contributed by atoms with van der Waals surface area (Å²) in [6.45, 7) is 1.42. The molecule has 9 heteroatoms. The zero-order chi connectivity index (χ0) is 21.5. The zero-order valence-corrected chi connectivity index (χ0v) is 16.5. The molecule has 3 aromatic rings. The van der Waals surface area contributed by atoms with E-state index in [2.05, 4.69) is 20.3 Å². The summed E-state index contributed by atoms with van der Waals surface area (Å²) in [5.74, 6) is -1.63. The van der Waals surface area contributed by atoms with Gasteiger partial charge in [0, 0.05) is 6.54 Å². The van der Waals surface area contributed by atoms with Crippen LogP contribution in [0.15, 0.2) is 54.6 Å². The Morgan fingerprint density at radius 2 is 1.67 bits per heavy atom. The fraction of sp³-hybridized carbons (Fsp3) is 0.190. The topological polar surface area (TPSA) is 112 Å². The number of carbonyl (C=O) groups excluding carboxylic acids is 3. The van der Waals surface area contributed by atoms with Gasteiger partial charge in [-0.1, -0.05) is 30.3 Å². The van der Waals surface area contributed by atoms with Crippen molar-refractivity contribution in [2.75, 3.05) is 13.7 Å². The lowest BCUT2D eigenvalue weighted by molar-refractivity contribution is -0.124. The van der Waals surface area contributed by atoms with Crippen molar-refractivity contribution in [3.8, 4) is 5.69 Å². The van der Waals surface area contributed by atoms with Crippen molar-refractivity contribution < 1.29 is 23.9 Å². The van der Waals surface area contributed by atoms with E-state index in [9.17, 15) is 14.4 Å². The van der Waals surface area contributed by atoms with Crippen LogP contribution in [0.1, 0.15) is 32.1 Å². The normalized spacial score (nSPS) is 10.3. The molecular weight excluding hydrogens is 388 g/mol. The Labute approximate surface area is 172 Å². The van der Waals surface area contributed by atoms with Gasteiger partial charge in [-0.15, -0.1) is 5.10 Å². The number of nitrogens with one attached hydrogen (secondary N) is 1. The number of esters is 2. The van der Waals surface area contributed by atoms with Gasteiger partial charge in [-0.2, -0.15) is 9.90 Å². The van der Waals surface area contributed by atoms with Gasteiger partial charge in [0.25, 0.3) is 5.91 Å². The number of amides is 1. The van der Waals surface area contributed by atoms with Crippen LogP contribution in [-0.4, -0.2) is 46.6 Å².